The van der Waals surface area contributed by atoms with Crippen LogP contribution in [0.4, 0.5) is 13.2 Å². The maximum atomic E-state index is 13.4. The van der Waals surface area contributed by atoms with Crippen molar-refractivity contribution in [3.05, 3.63) is 58.7 Å². The summed E-state index contributed by atoms with van der Waals surface area (Å²) in [7, 11) is -3.96. The molecule has 10 heteroatoms. The van der Waals surface area contributed by atoms with Crippen LogP contribution in [0.2, 0.25) is 0 Å². The van der Waals surface area contributed by atoms with Crippen molar-refractivity contribution < 1.29 is 36.7 Å². The largest absolute Gasteiger partial charge is 0.545 e. The number of nitrogens with one attached hydrogen (secondary N) is 1. The summed E-state index contributed by atoms with van der Waals surface area (Å²) in [6.07, 6.45) is -2.09. The highest BCUT2D eigenvalue weighted by atomic mass is 31.2. The Balaban J connectivity index is 2.17. The number of carboxylic acids is 1. The van der Waals surface area contributed by atoms with E-state index < -0.39 is 36.8 Å². The molecule has 3 rings (SSSR count). The van der Waals surface area contributed by atoms with Gasteiger partial charge >= 0.3 is 13.8 Å². The fraction of sp³-hybridized carbons (Fsp3) is 0.312. The molecule has 1 atom stereocenters. The van der Waals surface area contributed by atoms with Crippen molar-refractivity contribution in [2.75, 3.05) is 13.2 Å². The van der Waals surface area contributed by atoms with E-state index in [9.17, 15) is 27.6 Å². The minimum atomic E-state index is -4.73. The van der Waals surface area contributed by atoms with Crippen LogP contribution in [-0.4, -0.2) is 19.2 Å². The number of alkyl halides is 3. The van der Waals surface area contributed by atoms with Gasteiger partial charge in [0.1, 0.15) is 0 Å². The average molecular weight is 388 g/mol. The first-order valence-corrected chi connectivity index (χ1v) is 9.21. The van der Waals surface area contributed by atoms with E-state index in [2.05, 4.69) is 5.32 Å². The third-order valence-corrected chi connectivity index (χ3v) is 6.08. The van der Waals surface area contributed by atoms with Crippen molar-refractivity contribution in [3.63, 3.8) is 0 Å². The number of halogens is 3. The topological polar surface area (TPSA) is 87.7 Å². The number of carbonyl (C=O) groups is 1. The molecule has 0 aromatic heterocycles. The minimum Gasteiger partial charge on any atom is -0.545 e. The van der Waals surface area contributed by atoms with Gasteiger partial charge in [-0.15, -0.1) is 0 Å². The smallest absolute Gasteiger partial charge is 0.416 e. The van der Waals surface area contributed by atoms with Crippen LogP contribution in [-0.2, 0) is 24.6 Å². The van der Waals surface area contributed by atoms with Crippen molar-refractivity contribution in [1.29, 1.82) is 0 Å². The standard InChI is InChI=1S/C16H15F3NO5P/c17-16(18,19)12-5-2-1-4-10(12)14-11(15(21)22)8-20-9-13(14)26(23)24-6-3-7-25-26/h1-2,4-5,8-9,14,20H,3,6-7H2,(H,21,22)/p-1. The van der Waals surface area contributed by atoms with E-state index >= 15 is 0 Å². The van der Waals surface area contributed by atoms with Crippen molar-refractivity contribution in [2.45, 2.75) is 18.5 Å². The van der Waals surface area contributed by atoms with Crippen molar-refractivity contribution >= 4 is 13.6 Å². The lowest BCUT2D eigenvalue weighted by molar-refractivity contribution is -0.299. The number of hydrogen-bond donors (Lipinski definition) is 1. The number of carbonyl (C=O) groups excluding carboxylic acids is 1. The molecule has 0 aliphatic carbocycles. The molecule has 140 valence electrons. The summed E-state index contributed by atoms with van der Waals surface area (Å²) in [5.74, 6) is -3.17. The third kappa shape index (κ3) is 3.42. The maximum Gasteiger partial charge on any atom is 0.416 e. The lowest BCUT2D eigenvalue weighted by Crippen LogP contribution is -2.33. The van der Waals surface area contributed by atoms with Gasteiger partial charge in [0.15, 0.2) is 0 Å². The zero-order chi connectivity index (χ0) is 18.9. The van der Waals surface area contributed by atoms with Gasteiger partial charge in [-0.05, 0) is 18.1 Å². The van der Waals surface area contributed by atoms with Crippen LogP contribution in [0.25, 0.3) is 0 Å². The highest BCUT2D eigenvalue weighted by molar-refractivity contribution is 7.58. The Morgan fingerprint density at radius 2 is 1.85 bits per heavy atom. The molecule has 0 spiro atoms. The molecule has 6 nitrogen and oxygen atoms in total. The Hall–Kier alpha value is -2.09. The molecule has 2 aliphatic rings. The van der Waals surface area contributed by atoms with Crippen LogP contribution in [0.3, 0.4) is 0 Å². The van der Waals surface area contributed by atoms with Crippen LogP contribution < -0.4 is 10.4 Å². The van der Waals surface area contributed by atoms with E-state index in [-0.39, 0.29) is 24.1 Å². The lowest BCUT2D eigenvalue weighted by atomic mass is 9.86. The lowest BCUT2D eigenvalue weighted by Gasteiger charge is -2.34. The maximum absolute atomic E-state index is 13.4. The molecule has 1 fully saturated rings. The summed E-state index contributed by atoms with van der Waals surface area (Å²) < 4.78 is 63.8. The molecule has 0 radical (unpaired) electrons. The summed E-state index contributed by atoms with van der Waals surface area (Å²) in [5.41, 5.74) is -1.89. The van der Waals surface area contributed by atoms with E-state index in [0.717, 1.165) is 24.5 Å². The quantitative estimate of drug-likeness (QED) is 0.801. The van der Waals surface area contributed by atoms with Gasteiger partial charge in [-0.3, -0.25) is 4.57 Å². The molecule has 2 heterocycles. The Kier molecular flexibility index (Phi) is 4.96. The summed E-state index contributed by atoms with van der Waals surface area (Å²) in [4.78, 5) is 11.5. The second-order valence-corrected chi connectivity index (χ2v) is 7.69. The summed E-state index contributed by atoms with van der Waals surface area (Å²) in [6, 6.07) is 4.50. The van der Waals surface area contributed by atoms with Gasteiger partial charge in [0.25, 0.3) is 0 Å². The van der Waals surface area contributed by atoms with Gasteiger partial charge in [-0.2, -0.15) is 13.2 Å². The highest BCUT2D eigenvalue weighted by Gasteiger charge is 2.44. The number of hydrogen-bond acceptors (Lipinski definition) is 6. The number of allylic oxidation sites excluding steroid dienone is 1. The Labute approximate surface area is 146 Å². The number of dihydropyridines is 1. The van der Waals surface area contributed by atoms with Gasteiger partial charge in [0, 0.05) is 23.9 Å². The second kappa shape index (κ2) is 6.90. The van der Waals surface area contributed by atoms with Crippen molar-refractivity contribution in [2.24, 2.45) is 0 Å². The van der Waals surface area contributed by atoms with Crippen molar-refractivity contribution in [3.8, 4) is 0 Å². The molecule has 2 aliphatic heterocycles. The first-order chi connectivity index (χ1) is 12.2. The van der Waals surface area contributed by atoms with Crippen LogP contribution in [0, 0.1) is 0 Å². The summed E-state index contributed by atoms with van der Waals surface area (Å²) in [6.45, 7) is 0.180. The van der Waals surface area contributed by atoms with Crippen LogP contribution in [0.5, 0.6) is 0 Å². The monoisotopic (exact) mass is 388 g/mol. The van der Waals surface area contributed by atoms with Crippen LogP contribution in [0.15, 0.2) is 47.6 Å². The number of carboxylic acid groups (broad SMARTS) is 1. The summed E-state index contributed by atoms with van der Waals surface area (Å²) in [5, 5.41) is 13.8. The van der Waals surface area contributed by atoms with E-state index in [1.165, 1.54) is 12.1 Å². The molecule has 0 bridgehead atoms. The van der Waals surface area contributed by atoms with Gasteiger partial charge in [0.2, 0.25) is 0 Å². The first kappa shape index (κ1) is 18.7. The predicted molar refractivity (Wildman–Crippen MR) is 82.6 cm³/mol. The fourth-order valence-corrected chi connectivity index (χ4v) is 4.84. The molecule has 0 amide bonds. The highest BCUT2D eigenvalue weighted by Crippen LogP contribution is 2.64. The van der Waals surface area contributed by atoms with Crippen molar-refractivity contribution in [1.82, 2.24) is 5.32 Å². The molecular weight excluding hydrogens is 374 g/mol. The predicted octanol–water partition coefficient (Wildman–Crippen LogP) is 2.50. The molecule has 26 heavy (non-hydrogen) atoms. The summed E-state index contributed by atoms with van der Waals surface area (Å²) >= 11 is 0. The molecule has 1 saturated heterocycles. The van der Waals surface area contributed by atoms with E-state index in [0.29, 0.717) is 6.42 Å². The zero-order valence-electron chi connectivity index (χ0n) is 13.3. The Morgan fingerprint density at radius 1 is 1.19 bits per heavy atom. The third-order valence-electron chi connectivity index (χ3n) is 4.02. The number of benzene rings is 1. The SMILES string of the molecule is O=C([O-])C1=CNC=C(P2(=O)OCCCO2)C1c1ccccc1C(F)(F)F. The Bertz CT molecular complexity index is 823. The van der Waals surface area contributed by atoms with E-state index in [4.69, 9.17) is 9.05 Å². The molecule has 1 aromatic rings. The molecule has 1 aromatic carbocycles. The Morgan fingerprint density at radius 3 is 2.46 bits per heavy atom. The van der Waals surface area contributed by atoms with E-state index in [1.807, 2.05) is 0 Å². The average Bonchev–Trinajstić information content (AvgIpc) is 2.61. The minimum absolute atomic E-state index is 0.0899. The molecular formula is C16H14F3NO5P-. The first-order valence-electron chi connectivity index (χ1n) is 7.67. The van der Waals surface area contributed by atoms with Crippen LogP contribution in [0.1, 0.15) is 23.5 Å². The molecule has 1 unspecified atom stereocenters. The number of aliphatic carboxylic acids is 1. The number of rotatable bonds is 3. The van der Waals surface area contributed by atoms with Gasteiger partial charge in [-0.1, -0.05) is 18.2 Å². The molecule has 1 N–H and O–H groups in total. The second-order valence-electron chi connectivity index (χ2n) is 5.66. The fourth-order valence-electron chi connectivity index (χ4n) is 2.91. The molecule has 0 saturated carbocycles. The normalized spacial score (nSPS) is 22.8. The van der Waals surface area contributed by atoms with Crippen LogP contribution >= 0.6 is 7.60 Å². The van der Waals surface area contributed by atoms with Gasteiger partial charge < -0.3 is 24.3 Å². The van der Waals surface area contributed by atoms with Gasteiger partial charge in [-0.25, -0.2) is 0 Å². The zero-order valence-corrected chi connectivity index (χ0v) is 14.2. The van der Waals surface area contributed by atoms with Gasteiger partial charge in [0.05, 0.1) is 30.1 Å². The van der Waals surface area contributed by atoms with E-state index in [1.54, 1.807) is 0 Å².